The van der Waals surface area contributed by atoms with E-state index < -0.39 is 23.6 Å². The maximum atomic E-state index is 12.7. The van der Waals surface area contributed by atoms with Crippen molar-refractivity contribution in [3.63, 3.8) is 0 Å². The average Bonchev–Trinajstić information content (AvgIpc) is 2.58. The molecule has 1 aromatic heterocycles. The van der Waals surface area contributed by atoms with Crippen LogP contribution in [0.4, 0.5) is 38.0 Å². The number of alkyl halides is 6. The first-order valence-electron chi connectivity index (χ1n) is 7.42. The van der Waals surface area contributed by atoms with Crippen molar-refractivity contribution < 1.29 is 26.3 Å². The number of thiocarbonyl (C=S) groups is 1. The predicted octanol–water partition coefficient (Wildman–Crippen LogP) is 3.91. The lowest BCUT2D eigenvalue weighted by atomic mass is 10.2. The van der Waals surface area contributed by atoms with Gasteiger partial charge < -0.3 is 16.0 Å². The van der Waals surface area contributed by atoms with Gasteiger partial charge in [0.1, 0.15) is 5.69 Å². The number of hydrogen-bond acceptors (Lipinski definition) is 4. The van der Waals surface area contributed by atoms with Crippen molar-refractivity contribution in [2.45, 2.75) is 12.4 Å². The lowest BCUT2D eigenvalue weighted by molar-refractivity contribution is -0.141. The van der Waals surface area contributed by atoms with Crippen LogP contribution in [0.25, 0.3) is 0 Å². The molecule has 12 heteroatoms. The van der Waals surface area contributed by atoms with E-state index in [2.05, 4.69) is 25.9 Å². The molecule has 0 amide bonds. The van der Waals surface area contributed by atoms with Crippen LogP contribution < -0.4 is 16.0 Å². The number of halogens is 6. The first-order chi connectivity index (χ1) is 12.6. The second-order valence-corrected chi connectivity index (χ2v) is 5.56. The van der Waals surface area contributed by atoms with Crippen molar-refractivity contribution in [1.29, 1.82) is 0 Å². The van der Waals surface area contributed by atoms with Crippen LogP contribution in [0.3, 0.4) is 0 Å². The minimum atomic E-state index is -4.58. The summed E-state index contributed by atoms with van der Waals surface area (Å²) in [5, 5.41) is 7.94. The Balaban J connectivity index is 1.80. The van der Waals surface area contributed by atoms with Gasteiger partial charge in [0.05, 0.1) is 5.56 Å². The van der Waals surface area contributed by atoms with Gasteiger partial charge in [0.15, 0.2) is 5.11 Å². The maximum Gasteiger partial charge on any atom is 0.433 e. The summed E-state index contributed by atoms with van der Waals surface area (Å²) in [5.41, 5.74) is -1.75. The van der Waals surface area contributed by atoms with Gasteiger partial charge in [-0.05, 0) is 36.5 Å². The van der Waals surface area contributed by atoms with Gasteiger partial charge in [-0.1, -0.05) is 6.07 Å². The molecule has 0 fully saturated rings. The molecule has 1 heterocycles. The number of nitrogens with zero attached hydrogens (tertiary/aromatic N) is 2. The molecule has 27 heavy (non-hydrogen) atoms. The van der Waals surface area contributed by atoms with E-state index in [0.29, 0.717) is 0 Å². The number of anilines is 2. The van der Waals surface area contributed by atoms with Gasteiger partial charge in [-0.25, -0.2) is 9.97 Å². The van der Waals surface area contributed by atoms with E-state index in [-0.39, 0.29) is 29.8 Å². The van der Waals surface area contributed by atoms with Crippen LogP contribution in [0.15, 0.2) is 36.5 Å². The molecular weight excluding hydrogens is 396 g/mol. The van der Waals surface area contributed by atoms with Crippen molar-refractivity contribution in [1.82, 2.24) is 15.3 Å². The monoisotopic (exact) mass is 409 g/mol. The van der Waals surface area contributed by atoms with Crippen molar-refractivity contribution in [2.24, 2.45) is 0 Å². The normalized spacial score (nSPS) is 11.8. The summed E-state index contributed by atoms with van der Waals surface area (Å²) < 4.78 is 75.6. The quantitative estimate of drug-likeness (QED) is 0.396. The minimum absolute atomic E-state index is 0.0566. The molecule has 0 atom stereocenters. The number of nitrogens with one attached hydrogen (secondary N) is 3. The van der Waals surface area contributed by atoms with E-state index in [4.69, 9.17) is 12.2 Å². The summed E-state index contributed by atoms with van der Waals surface area (Å²) in [4.78, 5) is 7.00. The van der Waals surface area contributed by atoms with E-state index in [1.165, 1.54) is 12.1 Å². The SMILES string of the molecule is FC(F)(F)c1cccc(NC(=S)NCCNc2nccc(C(F)(F)F)n2)c1. The molecule has 5 nitrogen and oxygen atoms in total. The zero-order chi connectivity index (χ0) is 20.1. The highest BCUT2D eigenvalue weighted by atomic mass is 32.1. The second-order valence-electron chi connectivity index (χ2n) is 5.15. The number of hydrogen-bond donors (Lipinski definition) is 3. The van der Waals surface area contributed by atoms with E-state index >= 15 is 0 Å². The fourth-order valence-corrected chi connectivity index (χ4v) is 2.12. The third-order valence-electron chi connectivity index (χ3n) is 3.09. The van der Waals surface area contributed by atoms with Crippen LogP contribution in [0, 0.1) is 0 Å². The Morgan fingerprint density at radius 2 is 1.74 bits per heavy atom. The van der Waals surface area contributed by atoms with Gasteiger partial charge in [-0.3, -0.25) is 0 Å². The molecule has 0 spiro atoms. The van der Waals surface area contributed by atoms with Crippen molar-refractivity contribution in [2.75, 3.05) is 23.7 Å². The summed E-state index contributed by atoms with van der Waals surface area (Å²) in [6.45, 7) is 0.302. The summed E-state index contributed by atoms with van der Waals surface area (Å²) >= 11 is 4.96. The first-order valence-corrected chi connectivity index (χ1v) is 7.83. The molecule has 2 rings (SSSR count). The largest absolute Gasteiger partial charge is 0.433 e. The van der Waals surface area contributed by atoms with Crippen molar-refractivity contribution in [3.8, 4) is 0 Å². The lowest BCUT2D eigenvalue weighted by Crippen LogP contribution is -2.32. The summed E-state index contributed by atoms with van der Waals surface area (Å²) in [6, 6.07) is 5.24. The molecule has 0 saturated carbocycles. The zero-order valence-corrected chi connectivity index (χ0v) is 14.3. The fourth-order valence-electron chi connectivity index (χ4n) is 1.90. The first kappa shape index (κ1) is 20.7. The van der Waals surface area contributed by atoms with Crippen LogP contribution in [-0.4, -0.2) is 28.2 Å². The molecule has 0 bridgehead atoms. The fraction of sp³-hybridized carbons (Fsp3) is 0.267. The summed E-state index contributed by atoms with van der Waals surface area (Å²) in [5.74, 6) is -0.205. The summed E-state index contributed by atoms with van der Waals surface area (Å²) in [7, 11) is 0. The van der Waals surface area contributed by atoms with Crippen molar-refractivity contribution in [3.05, 3.63) is 47.8 Å². The van der Waals surface area contributed by atoms with Gasteiger partial charge in [0.2, 0.25) is 5.95 Å². The molecule has 0 unspecified atom stereocenters. The van der Waals surface area contributed by atoms with E-state index in [9.17, 15) is 26.3 Å². The van der Waals surface area contributed by atoms with Gasteiger partial charge >= 0.3 is 12.4 Å². The molecule has 1 aromatic carbocycles. The average molecular weight is 409 g/mol. The second kappa shape index (κ2) is 8.37. The van der Waals surface area contributed by atoms with Crippen LogP contribution >= 0.6 is 12.2 Å². The number of benzene rings is 1. The van der Waals surface area contributed by atoms with Gasteiger partial charge in [0.25, 0.3) is 0 Å². The van der Waals surface area contributed by atoms with Crippen LogP contribution in [-0.2, 0) is 12.4 Å². The van der Waals surface area contributed by atoms with E-state index in [1.807, 2.05) is 0 Å². The zero-order valence-electron chi connectivity index (χ0n) is 13.4. The van der Waals surface area contributed by atoms with Crippen LogP contribution in [0.1, 0.15) is 11.3 Å². The minimum Gasteiger partial charge on any atom is -0.361 e. The Morgan fingerprint density at radius 3 is 2.41 bits per heavy atom. The van der Waals surface area contributed by atoms with E-state index in [0.717, 1.165) is 24.4 Å². The molecule has 0 aliphatic rings. The Hall–Kier alpha value is -2.63. The standard InChI is InChI=1S/C15H13F6N5S/c16-14(17,18)9-2-1-3-10(8-9)25-13(27)24-7-6-23-12-22-5-4-11(26-12)15(19,20)21/h1-5,8H,6-7H2,(H,22,23,26)(H2,24,25,27). The highest BCUT2D eigenvalue weighted by molar-refractivity contribution is 7.80. The molecule has 3 N–H and O–H groups in total. The lowest BCUT2D eigenvalue weighted by Gasteiger charge is -2.13. The molecule has 0 aliphatic carbocycles. The Labute approximate surface area is 155 Å². The van der Waals surface area contributed by atoms with Gasteiger partial charge in [0, 0.05) is 25.0 Å². The molecule has 2 aromatic rings. The van der Waals surface area contributed by atoms with Crippen molar-refractivity contribution >= 4 is 29.0 Å². The maximum absolute atomic E-state index is 12.7. The Morgan fingerprint density at radius 1 is 1.00 bits per heavy atom. The molecular formula is C15H13F6N5S. The smallest absolute Gasteiger partial charge is 0.361 e. The number of aromatic nitrogens is 2. The Bertz CT molecular complexity index is 793. The topological polar surface area (TPSA) is 61.9 Å². The van der Waals surface area contributed by atoms with Crippen LogP contribution in [0.5, 0.6) is 0 Å². The number of rotatable bonds is 5. The molecule has 146 valence electrons. The van der Waals surface area contributed by atoms with E-state index in [1.54, 1.807) is 0 Å². The highest BCUT2D eigenvalue weighted by Gasteiger charge is 2.32. The predicted molar refractivity (Wildman–Crippen MR) is 91.2 cm³/mol. The van der Waals surface area contributed by atoms with Crippen LogP contribution in [0.2, 0.25) is 0 Å². The summed E-state index contributed by atoms with van der Waals surface area (Å²) in [6.07, 6.45) is -8.07. The Kier molecular flexibility index (Phi) is 6.41. The third kappa shape index (κ3) is 6.55. The molecule has 0 radical (unpaired) electrons. The highest BCUT2D eigenvalue weighted by Crippen LogP contribution is 2.30. The van der Waals surface area contributed by atoms with Gasteiger partial charge in [-0.15, -0.1) is 0 Å². The molecule has 0 aliphatic heterocycles. The van der Waals surface area contributed by atoms with Gasteiger partial charge in [-0.2, -0.15) is 26.3 Å². The third-order valence-corrected chi connectivity index (χ3v) is 3.33. The molecule has 0 saturated heterocycles.